The van der Waals surface area contributed by atoms with Gasteiger partial charge in [-0.3, -0.25) is 9.67 Å². The molecule has 1 aliphatic rings. The lowest BCUT2D eigenvalue weighted by Crippen LogP contribution is -2.51. The molecule has 3 rings (SSSR count). The zero-order chi connectivity index (χ0) is 18.0. The molecule has 0 unspecified atom stereocenters. The Balaban J connectivity index is 1.78. The molecule has 0 radical (unpaired) electrons. The van der Waals surface area contributed by atoms with Crippen LogP contribution in [-0.2, 0) is 21.8 Å². The first-order valence-corrected chi connectivity index (χ1v) is 9.53. The monoisotopic (exact) mass is 366 g/mol. The van der Waals surface area contributed by atoms with Crippen LogP contribution in [0.3, 0.4) is 0 Å². The Bertz CT molecular complexity index is 813. The van der Waals surface area contributed by atoms with Crippen LogP contribution in [0.25, 0.3) is 0 Å². The lowest BCUT2D eigenvalue weighted by Gasteiger charge is -2.32. The van der Waals surface area contributed by atoms with Crippen LogP contribution in [0.5, 0.6) is 5.75 Å². The molecule has 1 N–H and O–H groups in total. The topological polar surface area (TPSA) is 95.3 Å². The number of hydrogen-bond donors (Lipinski definition) is 1. The van der Waals surface area contributed by atoms with Gasteiger partial charge >= 0.3 is 0 Å². The molecule has 8 nitrogen and oxygen atoms in total. The molecule has 3 heterocycles. The number of hydrogen-bond acceptors (Lipinski definition) is 6. The van der Waals surface area contributed by atoms with Crippen LogP contribution >= 0.6 is 0 Å². The molecule has 0 saturated carbocycles. The highest BCUT2D eigenvalue weighted by atomic mass is 32.2. The van der Waals surface area contributed by atoms with Gasteiger partial charge in [0.05, 0.1) is 25.0 Å². The van der Waals surface area contributed by atoms with Gasteiger partial charge in [0.2, 0.25) is 0 Å². The minimum Gasteiger partial charge on any atom is -0.485 e. The lowest BCUT2D eigenvalue weighted by atomic mass is 10.1. The highest BCUT2D eigenvalue weighted by Gasteiger charge is 2.33. The Hall–Kier alpha value is -1.97. The van der Waals surface area contributed by atoms with Crippen LogP contribution in [0.2, 0.25) is 0 Å². The summed E-state index contributed by atoms with van der Waals surface area (Å²) in [5.74, 6) is 0.585. The number of pyridine rings is 1. The van der Waals surface area contributed by atoms with E-state index in [9.17, 15) is 8.42 Å². The van der Waals surface area contributed by atoms with Gasteiger partial charge in [-0.05, 0) is 32.4 Å². The zero-order valence-electron chi connectivity index (χ0n) is 14.5. The predicted molar refractivity (Wildman–Crippen MR) is 90.9 cm³/mol. The predicted octanol–water partition coefficient (Wildman–Crippen LogP) is 0.947. The number of aryl methyl sites for hydroxylation is 3. The first kappa shape index (κ1) is 17.8. The lowest BCUT2D eigenvalue weighted by molar-refractivity contribution is -0.00944. The molecule has 0 amide bonds. The summed E-state index contributed by atoms with van der Waals surface area (Å²) in [6.45, 7) is 4.40. The SMILES string of the molecule is Cc1ccc(O[C@H]2COCC[C@H]2NS(=O)(=O)c2c(C)cnn2C)cn1. The summed E-state index contributed by atoms with van der Waals surface area (Å²) in [6, 6.07) is 3.26. The van der Waals surface area contributed by atoms with E-state index < -0.39 is 22.2 Å². The number of nitrogens with one attached hydrogen (secondary N) is 1. The maximum absolute atomic E-state index is 12.8. The van der Waals surface area contributed by atoms with Crippen molar-refractivity contribution in [1.82, 2.24) is 19.5 Å². The normalized spacial score (nSPS) is 21.2. The molecule has 0 bridgehead atoms. The quantitative estimate of drug-likeness (QED) is 0.846. The molecule has 2 atom stereocenters. The molecule has 1 saturated heterocycles. The third kappa shape index (κ3) is 4.00. The largest absolute Gasteiger partial charge is 0.485 e. The van der Waals surface area contributed by atoms with Gasteiger partial charge in [-0.25, -0.2) is 13.1 Å². The number of rotatable bonds is 5. The fraction of sp³-hybridized carbons (Fsp3) is 0.500. The molecule has 136 valence electrons. The van der Waals surface area contributed by atoms with Crippen molar-refractivity contribution in [2.75, 3.05) is 13.2 Å². The third-order valence-electron chi connectivity index (χ3n) is 4.09. The van der Waals surface area contributed by atoms with E-state index in [1.165, 1.54) is 10.9 Å². The Morgan fingerprint density at radius 2 is 2.12 bits per heavy atom. The summed E-state index contributed by atoms with van der Waals surface area (Å²) < 4.78 is 41.0. The van der Waals surface area contributed by atoms with E-state index in [-0.39, 0.29) is 5.03 Å². The van der Waals surface area contributed by atoms with Crippen LogP contribution in [0, 0.1) is 13.8 Å². The summed E-state index contributed by atoms with van der Waals surface area (Å²) in [5.41, 5.74) is 1.48. The second kappa shape index (κ2) is 7.11. The highest BCUT2D eigenvalue weighted by Crippen LogP contribution is 2.20. The summed E-state index contributed by atoms with van der Waals surface area (Å²) in [7, 11) is -2.10. The van der Waals surface area contributed by atoms with Crippen molar-refractivity contribution >= 4 is 10.0 Å². The maximum atomic E-state index is 12.8. The number of aromatic nitrogens is 3. The van der Waals surface area contributed by atoms with Gasteiger partial charge in [-0.15, -0.1) is 0 Å². The van der Waals surface area contributed by atoms with Crippen molar-refractivity contribution in [2.24, 2.45) is 7.05 Å². The molecule has 25 heavy (non-hydrogen) atoms. The van der Waals surface area contributed by atoms with Gasteiger partial charge in [-0.2, -0.15) is 5.10 Å². The summed E-state index contributed by atoms with van der Waals surface area (Å²) in [4.78, 5) is 4.19. The van der Waals surface area contributed by atoms with Crippen molar-refractivity contribution in [1.29, 1.82) is 0 Å². The third-order valence-corrected chi connectivity index (χ3v) is 5.80. The van der Waals surface area contributed by atoms with Crippen LogP contribution in [0.15, 0.2) is 29.6 Å². The summed E-state index contributed by atoms with van der Waals surface area (Å²) in [5, 5.41) is 4.17. The van der Waals surface area contributed by atoms with Gasteiger partial charge in [0.25, 0.3) is 10.0 Å². The smallest absolute Gasteiger partial charge is 0.258 e. The van der Waals surface area contributed by atoms with Gasteiger partial charge in [-0.1, -0.05) is 0 Å². The first-order valence-electron chi connectivity index (χ1n) is 8.05. The van der Waals surface area contributed by atoms with Crippen LogP contribution in [0.1, 0.15) is 17.7 Å². The number of sulfonamides is 1. The van der Waals surface area contributed by atoms with Gasteiger partial charge < -0.3 is 9.47 Å². The van der Waals surface area contributed by atoms with E-state index in [0.717, 1.165) is 5.69 Å². The maximum Gasteiger partial charge on any atom is 0.258 e. The molecule has 9 heteroatoms. The molecule has 1 aliphatic heterocycles. The van der Waals surface area contributed by atoms with Gasteiger partial charge in [0, 0.05) is 24.9 Å². The summed E-state index contributed by atoms with van der Waals surface area (Å²) in [6.07, 6.45) is 3.26. The van der Waals surface area contributed by atoms with Crippen molar-refractivity contribution in [3.05, 3.63) is 35.8 Å². The fourth-order valence-corrected chi connectivity index (χ4v) is 4.49. The molecule has 2 aromatic heterocycles. The van der Waals surface area contributed by atoms with E-state index in [1.54, 1.807) is 20.2 Å². The van der Waals surface area contributed by atoms with E-state index in [2.05, 4.69) is 14.8 Å². The molecule has 0 aliphatic carbocycles. The fourth-order valence-electron chi connectivity index (χ4n) is 2.84. The van der Waals surface area contributed by atoms with E-state index in [4.69, 9.17) is 9.47 Å². The van der Waals surface area contributed by atoms with Crippen LogP contribution in [-0.4, -0.2) is 48.5 Å². The Morgan fingerprint density at radius 3 is 2.76 bits per heavy atom. The average molecular weight is 366 g/mol. The molecule has 0 spiro atoms. The van der Waals surface area contributed by atoms with E-state index in [1.807, 2.05) is 19.1 Å². The molecule has 1 fully saturated rings. The van der Waals surface area contributed by atoms with Crippen molar-refractivity contribution < 1.29 is 17.9 Å². The van der Waals surface area contributed by atoms with Crippen molar-refractivity contribution in [2.45, 2.75) is 37.4 Å². The molecular formula is C16H22N4O4S. The second-order valence-corrected chi connectivity index (χ2v) is 7.77. The molecular weight excluding hydrogens is 344 g/mol. The first-order chi connectivity index (χ1) is 11.9. The highest BCUT2D eigenvalue weighted by molar-refractivity contribution is 7.89. The summed E-state index contributed by atoms with van der Waals surface area (Å²) >= 11 is 0. The van der Waals surface area contributed by atoms with E-state index >= 15 is 0 Å². The van der Waals surface area contributed by atoms with Crippen LogP contribution in [0.4, 0.5) is 0 Å². The van der Waals surface area contributed by atoms with Gasteiger partial charge in [0.15, 0.2) is 5.03 Å². The number of ether oxygens (including phenoxy) is 2. The second-order valence-electron chi connectivity index (χ2n) is 6.14. The molecule has 0 aromatic carbocycles. The minimum atomic E-state index is -3.71. The zero-order valence-corrected chi connectivity index (χ0v) is 15.3. The van der Waals surface area contributed by atoms with Crippen LogP contribution < -0.4 is 9.46 Å². The van der Waals surface area contributed by atoms with E-state index in [0.29, 0.717) is 30.9 Å². The number of nitrogens with zero attached hydrogens (tertiary/aromatic N) is 3. The van der Waals surface area contributed by atoms with Crippen molar-refractivity contribution in [3.63, 3.8) is 0 Å². The average Bonchev–Trinajstić information content (AvgIpc) is 2.91. The Morgan fingerprint density at radius 1 is 1.32 bits per heavy atom. The Kier molecular flexibility index (Phi) is 5.07. The molecule has 2 aromatic rings. The minimum absolute atomic E-state index is 0.162. The Labute approximate surface area is 147 Å². The standard InChI is InChI=1S/C16H22N4O4S/c1-11-8-18-20(3)16(11)25(21,22)19-14-6-7-23-10-15(14)24-13-5-4-12(2)17-9-13/h4-5,8-9,14-15,19H,6-7,10H2,1-3H3/t14-,15+/m1/s1. The van der Waals surface area contributed by atoms with Gasteiger partial charge in [0.1, 0.15) is 11.9 Å². The van der Waals surface area contributed by atoms with Crippen molar-refractivity contribution in [3.8, 4) is 5.75 Å².